The van der Waals surface area contributed by atoms with Gasteiger partial charge in [0.05, 0.1) is 5.56 Å². The third kappa shape index (κ3) is 4.23. The summed E-state index contributed by atoms with van der Waals surface area (Å²) in [4.78, 5) is 10.7. The monoisotopic (exact) mass is 267 g/mol. The fraction of sp³-hybridized carbons (Fsp3) is 0.533. The van der Waals surface area contributed by atoms with Crippen LogP contribution in [0.5, 0.6) is 0 Å². The van der Waals surface area contributed by atoms with Gasteiger partial charge in [-0.1, -0.05) is 27.7 Å². The predicted octanol–water partition coefficient (Wildman–Crippen LogP) is 3.86. The molecule has 0 saturated carbocycles. The van der Waals surface area contributed by atoms with Crippen LogP contribution in [0.15, 0.2) is 18.2 Å². The second-order valence-electron chi connectivity index (χ2n) is 5.53. The predicted molar refractivity (Wildman–Crippen MR) is 75.0 cm³/mol. The maximum Gasteiger partial charge on any atom is 0.338 e. The van der Waals surface area contributed by atoms with Crippen molar-refractivity contribution >= 4 is 11.7 Å². The van der Waals surface area contributed by atoms with E-state index in [9.17, 15) is 9.18 Å². The highest BCUT2D eigenvalue weighted by Crippen LogP contribution is 2.22. The van der Waals surface area contributed by atoms with E-state index in [-0.39, 0.29) is 5.56 Å². The molecule has 0 aliphatic carbocycles. The molecule has 1 aromatic carbocycles. The van der Waals surface area contributed by atoms with Crippen LogP contribution in [0.25, 0.3) is 0 Å². The third-order valence-electron chi connectivity index (χ3n) is 3.45. The molecule has 0 radical (unpaired) electrons. The van der Waals surface area contributed by atoms with Crippen molar-refractivity contribution in [2.75, 3.05) is 11.9 Å². The van der Waals surface area contributed by atoms with Crippen molar-refractivity contribution in [3.63, 3.8) is 0 Å². The first-order chi connectivity index (χ1) is 8.82. The summed E-state index contributed by atoms with van der Waals surface area (Å²) in [5.41, 5.74) is 0.323. The van der Waals surface area contributed by atoms with Crippen LogP contribution >= 0.6 is 0 Å². The van der Waals surface area contributed by atoms with Gasteiger partial charge in [0.2, 0.25) is 0 Å². The Labute approximate surface area is 113 Å². The van der Waals surface area contributed by atoms with Crippen molar-refractivity contribution in [2.45, 2.75) is 27.7 Å². The van der Waals surface area contributed by atoms with Crippen molar-refractivity contribution in [1.82, 2.24) is 0 Å². The number of rotatable bonds is 6. The van der Waals surface area contributed by atoms with Crippen LogP contribution in [0.3, 0.4) is 0 Å². The molecule has 19 heavy (non-hydrogen) atoms. The van der Waals surface area contributed by atoms with E-state index in [0.29, 0.717) is 23.4 Å². The van der Waals surface area contributed by atoms with E-state index in [2.05, 4.69) is 33.0 Å². The van der Waals surface area contributed by atoms with Gasteiger partial charge in [0, 0.05) is 12.2 Å². The topological polar surface area (TPSA) is 49.3 Å². The number of benzene rings is 1. The first-order valence-electron chi connectivity index (χ1n) is 6.59. The molecular formula is C15H22FNO2. The van der Waals surface area contributed by atoms with Gasteiger partial charge in [-0.05, 0) is 36.0 Å². The third-order valence-corrected chi connectivity index (χ3v) is 3.45. The normalized spacial score (nSPS) is 11.4. The lowest BCUT2D eigenvalue weighted by Crippen LogP contribution is -2.24. The number of hydrogen-bond donors (Lipinski definition) is 2. The Morgan fingerprint density at radius 3 is 2.26 bits per heavy atom. The first-order valence-corrected chi connectivity index (χ1v) is 6.59. The lowest BCUT2D eigenvalue weighted by molar-refractivity contribution is 0.0692. The SMILES string of the molecule is CC(C)C(CNc1ccc(C(=O)O)c(F)c1)C(C)C. The lowest BCUT2D eigenvalue weighted by atomic mass is 9.85. The Kier molecular flexibility index (Phi) is 5.33. The van der Waals surface area contributed by atoms with Crippen LogP contribution in [0.4, 0.5) is 10.1 Å². The number of hydrogen-bond acceptors (Lipinski definition) is 2. The molecule has 0 amide bonds. The summed E-state index contributed by atoms with van der Waals surface area (Å²) in [7, 11) is 0. The standard InChI is InChI=1S/C15H22FNO2/c1-9(2)13(10(3)4)8-17-11-5-6-12(15(18)19)14(16)7-11/h5-7,9-10,13,17H,8H2,1-4H3,(H,18,19). The fourth-order valence-corrected chi connectivity index (χ4v) is 2.28. The Hall–Kier alpha value is -1.58. The molecule has 0 spiro atoms. The fourth-order valence-electron chi connectivity index (χ4n) is 2.28. The van der Waals surface area contributed by atoms with Crippen LogP contribution in [0.2, 0.25) is 0 Å². The summed E-state index contributed by atoms with van der Waals surface area (Å²) in [6.45, 7) is 9.42. The number of carboxylic acids is 1. The summed E-state index contributed by atoms with van der Waals surface area (Å²) in [6.07, 6.45) is 0. The number of carbonyl (C=O) groups is 1. The summed E-state index contributed by atoms with van der Waals surface area (Å²) >= 11 is 0. The average Bonchev–Trinajstić information content (AvgIpc) is 2.27. The quantitative estimate of drug-likeness (QED) is 0.822. The van der Waals surface area contributed by atoms with Crippen molar-refractivity contribution in [2.24, 2.45) is 17.8 Å². The number of nitrogens with one attached hydrogen (secondary N) is 1. The van der Waals surface area contributed by atoms with Crippen molar-refractivity contribution < 1.29 is 14.3 Å². The maximum absolute atomic E-state index is 13.5. The molecule has 106 valence electrons. The van der Waals surface area contributed by atoms with E-state index in [1.54, 1.807) is 6.07 Å². The molecule has 0 aliphatic heterocycles. The summed E-state index contributed by atoms with van der Waals surface area (Å²) in [5, 5.41) is 11.9. The second-order valence-corrected chi connectivity index (χ2v) is 5.53. The smallest absolute Gasteiger partial charge is 0.338 e. The molecule has 0 bridgehead atoms. The van der Waals surface area contributed by atoms with Crippen molar-refractivity contribution in [3.05, 3.63) is 29.6 Å². The molecule has 3 nitrogen and oxygen atoms in total. The maximum atomic E-state index is 13.5. The molecular weight excluding hydrogens is 245 g/mol. The van der Waals surface area contributed by atoms with E-state index in [4.69, 9.17) is 5.11 Å². The Balaban J connectivity index is 2.73. The Morgan fingerprint density at radius 2 is 1.84 bits per heavy atom. The molecule has 4 heteroatoms. The van der Waals surface area contributed by atoms with E-state index < -0.39 is 11.8 Å². The first kappa shape index (κ1) is 15.5. The molecule has 0 fully saturated rings. The lowest BCUT2D eigenvalue weighted by Gasteiger charge is -2.25. The molecule has 0 heterocycles. The minimum absolute atomic E-state index is 0.296. The molecule has 0 saturated heterocycles. The largest absolute Gasteiger partial charge is 0.478 e. The van der Waals surface area contributed by atoms with Crippen LogP contribution in [-0.2, 0) is 0 Å². The Morgan fingerprint density at radius 1 is 1.26 bits per heavy atom. The van der Waals surface area contributed by atoms with Crippen LogP contribution in [0, 0.1) is 23.6 Å². The highest BCUT2D eigenvalue weighted by molar-refractivity contribution is 5.88. The van der Waals surface area contributed by atoms with Gasteiger partial charge in [0.25, 0.3) is 0 Å². The van der Waals surface area contributed by atoms with Gasteiger partial charge in [-0.15, -0.1) is 0 Å². The number of anilines is 1. The zero-order valence-electron chi connectivity index (χ0n) is 11.9. The van der Waals surface area contributed by atoms with Crippen molar-refractivity contribution in [3.8, 4) is 0 Å². The van der Waals surface area contributed by atoms with Gasteiger partial charge in [0.1, 0.15) is 5.82 Å². The van der Waals surface area contributed by atoms with Gasteiger partial charge < -0.3 is 10.4 Å². The molecule has 0 aliphatic rings. The summed E-state index contributed by atoms with van der Waals surface area (Å²) in [5.74, 6) is -0.386. The highest BCUT2D eigenvalue weighted by Gasteiger charge is 2.17. The minimum atomic E-state index is -1.24. The highest BCUT2D eigenvalue weighted by atomic mass is 19.1. The van der Waals surface area contributed by atoms with E-state index in [1.165, 1.54) is 12.1 Å². The average molecular weight is 267 g/mol. The zero-order chi connectivity index (χ0) is 14.6. The zero-order valence-corrected chi connectivity index (χ0v) is 11.9. The number of carboxylic acid groups (broad SMARTS) is 1. The summed E-state index contributed by atoms with van der Waals surface area (Å²) in [6, 6.07) is 4.13. The van der Waals surface area contributed by atoms with Gasteiger partial charge >= 0.3 is 5.97 Å². The van der Waals surface area contributed by atoms with E-state index in [0.717, 1.165) is 6.54 Å². The minimum Gasteiger partial charge on any atom is -0.478 e. The van der Waals surface area contributed by atoms with Gasteiger partial charge in [0.15, 0.2) is 0 Å². The van der Waals surface area contributed by atoms with Crippen LogP contribution in [0.1, 0.15) is 38.1 Å². The van der Waals surface area contributed by atoms with Gasteiger partial charge in [-0.3, -0.25) is 0 Å². The van der Waals surface area contributed by atoms with Gasteiger partial charge in [-0.25, -0.2) is 9.18 Å². The van der Waals surface area contributed by atoms with E-state index >= 15 is 0 Å². The van der Waals surface area contributed by atoms with Crippen LogP contribution < -0.4 is 5.32 Å². The van der Waals surface area contributed by atoms with Gasteiger partial charge in [-0.2, -0.15) is 0 Å². The molecule has 0 aromatic heterocycles. The second kappa shape index (κ2) is 6.55. The molecule has 0 unspecified atom stereocenters. The van der Waals surface area contributed by atoms with Crippen molar-refractivity contribution in [1.29, 1.82) is 0 Å². The number of aromatic carboxylic acids is 1. The molecule has 1 aromatic rings. The number of halogens is 1. The molecule has 2 N–H and O–H groups in total. The van der Waals surface area contributed by atoms with E-state index in [1.807, 2.05) is 0 Å². The molecule has 0 atom stereocenters. The summed E-state index contributed by atoms with van der Waals surface area (Å²) < 4.78 is 13.5. The molecule has 1 rings (SSSR count). The Bertz CT molecular complexity index is 436. The van der Waals surface area contributed by atoms with Crippen LogP contribution in [-0.4, -0.2) is 17.6 Å².